The first kappa shape index (κ1) is 9.28. The van der Waals surface area contributed by atoms with E-state index in [4.69, 9.17) is 0 Å². The van der Waals surface area contributed by atoms with Crippen molar-refractivity contribution in [1.82, 2.24) is 10.2 Å². The Morgan fingerprint density at radius 1 is 1.27 bits per heavy atom. The first-order valence-electron chi connectivity index (χ1n) is 5.44. The summed E-state index contributed by atoms with van der Waals surface area (Å²) in [7, 11) is 0. The third-order valence-electron chi connectivity index (χ3n) is 3.16. The molecule has 0 atom stereocenters. The molecule has 1 aliphatic heterocycles. The lowest BCUT2D eigenvalue weighted by molar-refractivity contribution is 0.638. The summed E-state index contributed by atoms with van der Waals surface area (Å²) in [5.41, 5.74) is 2.65. The molecule has 1 N–H and O–H groups in total. The fourth-order valence-electron chi connectivity index (χ4n) is 2.24. The minimum Gasteiger partial charge on any atom is -0.278 e. The Labute approximate surface area is 93.5 Å². The van der Waals surface area contributed by atoms with Crippen LogP contribution in [0.3, 0.4) is 0 Å². The molecule has 3 rings (SSSR count). The molecule has 1 aliphatic rings. The van der Waals surface area contributed by atoms with Crippen molar-refractivity contribution < 1.29 is 0 Å². The van der Waals surface area contributed by atoms with Crippen LogP contribution < -0.4 is 0 Å². The summed E-state index contributed by atoms with van der Waals surface area (Å²) in [5.74, 6) is 3.39. The highest BCUT2D eigenvalue weighted by atomic mass is 32.2. The maximum Gasteiger partial charge on any atom is 0.0653 e. The van der Waals surface area contributed by atoms with E-state index >= 15 is 0 Å². The van der Waals surface area contributed by atoms with Crippen molar-refractivity contribution in [3.05, 3.63) is 30.0 Å². The summed E-state index contributed by atoms with van der Waals surface area (Å²) in [4.78, 5) is 0. The molecule has 0 aliphatic carbocycles. The van der Waals surface area contributed by atoms with E-state index in [0.717, 1.165) is 5.92 Å². The van der Waals surface area contributed by atoms with Crippen molar-refractivity contribution in [3.8, 4) is 0 Å². The van der Waals surface area contributed by atoms with Crippen molar-refractivity contribution >= 4 is 22.7 Å². The number of aromatic nitrogens is 2. The van der Waals surface area contributed by atoms with Crippen LogP contribution in [0, 0.1) is 0 Å². The molecule has 0 unspecified atom stereocenters. The number of hydrogen-bond donors (Lipinski definition) is 1. The standard InChI is InChI=1S/C12H14N2S/c1-2-11-8-13-14-12(11)7-10(1)9-3-5-15-6-4-9/h1-2,7-9H,3-6H2,(H,13,14). The van der Waals surface area contributed by atoms with Crippen LogP contribution in [0.5, 0.6) is 0 Å². The second kappa shape index (κ2) is 3.89. The Morgan fingerprint density at radius 2 is 2.13 bits per heavy atom. The summed E-state index contributed by atoms with van der Waals surface area (Å²) in [5, 5.41) is 8.31. The fourth-order valence-corrected chi connectivity index (χ4v) is 3.35. The molecule has 15 heavy (non-hydrogen) atoms. The topological polar surface area (TPSA) is 28.7 Å². The number of thioether (sulfide) groups is 1. The summed E-state index contributed by atoms with van der Waals surface area (Å²) < 4.78 is 0. The predicted molar refractivity (Wildman–Crippen MR) is 65.4 cm³/mol. The maximum absolute atomic E-state index is 4.06. The highest BCUT2D eigenvalue weighted by Gasteiger charge is 2.15. The number of H-pyrrole nitrogens is 1. The van der Waals surface area contributed by atoms with Crippen LogP contribution >= 0.6 is 11.8 Å². The van der Waals surface area contributed by atoms with Crippen molar-refractivity contribution in [2.75, 3.05) is 11.5 Å². The van der Waals surface area contributed by atoms with Crippen molar-refractivity contribution in [1.29, 1.82) is 0 Å². The molecular weight excluding hydrogens is 204 g/mol. The Morgan fingerprint density at radius 3 is 3.00 bits per heavy atom. The SMILES string of the molecule is c1cc2cn[nH]c2cc1C1CCSCC1. The summed E-state index contributed by atoms with van der Waals surface area (Å²) in [6.45, 7) is 0. The number of benzene rings is 1. The van der Waals surface area contributed by atoms with Gasteiger partial charge in [-0.1, -0.05) is 12.1 Å². The van der Waals surface area contributed by atoms with E-state index in [1.54, 1.807) is 0 Å². The van der Waals surface area contributed by atoms with Crippen LogP contribution in [-0.2, 0) is 0 Å². The van der Waals surface area contributed by atoms with Gasteiger partial charge in [-0.25, -0.2) is 0 Å². The molecule has 2 nitrogen and oxygen atoms in total. The Bertz CT molecular complexity index is 457. The lowest BCUT2D eigenvalue weighted by Crippen LogP contribution is -2.07. The van der Waals surface area contributed by atoms with E-state index in [2.05, 4.69) is 40.2 Å². The second-order valence-corrected chi connectivity index (χ2v) is 5.33. The van der Waals surface area contributed by atoms with Gasteiger partial charge in [-0.2, -0.15) is 16.9 Å². The van der Waals surface area contributed by atoms with Crippen molar-refractivity contribution in [2.45, 2.75) is 18.8 Å². The molecule has 1 aromatic heterocycles. The molecule has 3 heteroatoms. The second-order valence-electron chi connectivity index (χ2n) is 4.10. The average Bonchev–Trinajstić information content (AvgIpc) is 2.77. The molecular formula is C12H14N2S. The van der Waals surface area contributed by atoms with E-state index in [9.17, 15) is 0 Å². The number of fused-ring (bicyclic) bond motifs is 1. The summed E-state index contributed by atoms with van der Waals surface area (Å²) in [6.07, 6.45) is 4.53. The molecule has 1 aromatic carbocycles. The van der Waals surface area contributed by atoms with Gasteiger partial charge in [-0.3, -0.25) is 5.10 Å². The van der Waals surface area contributed by atoms with Gasteiger partial charge in [0.2, 0.25) is 0 Å². The zero-order valence-electron chi connectivity index (χ0n) is 8.57. The van der Waals surface area contributed by atoms with Crippen molar-refractivity contribution in [2.24, 2.45) is 0 Å². The number of nitrogens with one attached hydrogen (secondary N) is 1. The van der Waals surface area contributed by atoms with Gasteiger partial charge < -0.3 is 0 Å². The largest absolute Gasteiger partial charge is 0.278 e. The molecule has 0 radical (unpaired) electrons. The van der Waals surface area contributed by atoms with Crippen LogP contribution in [0.15, 0.2) is 24.4 Å². The molecule has 0 amide bonds. The minimum absolute atomic E-state index is 0.763. The van der Waals surface area contributed by atoms with Gasteiger partial charge in [0.25, 0.3) is 0 Å². The van der Waals surface area contributed by atoms with Gasteiger partial charge in [0.05, 0.1) is 11.7 Å². The molecule has 1 saturated heterocycles. The van der Waals surface area contributed by atoms with Crippen LogP contribution in [0.1, 0.15) is 24.3 Å². The highest BCUT2D eigenvalue weighted by Crippen LogP contribution is 2.32. The third-order valence-corrected chi connectivity index (χ3v) is 4.21. The summed E-state index contributed by atoms with van der Waals surface area (Å²) >= 11 is 2.08. The van der Waals surface area contributed by atoms with E-state index < -0.39 is 0 Å². The number of aromatic amines is 1. The normalized spacial score (nSPS) is 18.4. The van der Waals surface area contributed by atoms with E-state index in [0.29, 0.717) is 0 Å². The first-order chi connectivity index (χ1) is 7.43. The molecule has 2 aromatic rings. The Balaban J connectivity index is 1.95. The van der Waals surface area contributed by atoms with Crippen LogP contribution in [0.4, 0.5) is 0 Å². The lowest BCUT2D eigenvalue weighted by atomic mass is 9.93. The Kier molecular flexibility index (Phi) is 2.41. The zero-order chi connectivity index (χ0) is 10.1. The number of hydrogen-bond acceptors (Lipinski definition) is 2. The molecule has 2 heterocycles. The van der Waals surface area contributed by atoms with Gasteiger partial charge in [0.1, 0.15) is 0 Å². The van der Waals surface area contributed by atoms with Gasteiger partial charge in [-0.15, -0.1) is 0 Å². The highest BCUT2D eigenvalue weighted by molar-refractivity contribution is 7.99. The fraction of sp³-hybridized carbons (Fsp3) is 0.417. The van der Waals surface area contributed by atoms with E-state index in [1.807, 2.05) is 6.20 Å². The maximum atomic E-state index is 4.06. The first-order valence-corrected chi connectivity index (χ1v) is 6.60. The Hall–Kier alpha value is -0.960. The molecule has 0 bridgehead atoms. The van der Waals surface area contributed by atoms with Gasteiger partial charge >= 0.3 is 0 Å². The monoisotopic (exact) mass is 218 g/mol. The molecule has 0 saturated carbocycles. The zero-order valence-corrected chi connectivity index (χ0v) is 9.39. The third kappa shape index (κ3) is 1.76. The number of nitrogens with zero attached hydrogens (tertiary/aromatic N) is 1. The van der Waals surface area contributed by atoms with E-state index in [-0.39, 0.29) is 0 Å². The van der Waals surface area contributed by atoms with Crippen LogP contribution in [-0.4, -0.2) is 21.7 Å². The summed E-state index contributed by atoms with van der Waals surface area (Å²) in [6, 6.07) is 6.71. The van der Waals surface area contributed by atoms with Gasteiger partial charge in [0, 0.05) is 5.39 Å². The van der Waals surface area contributed by atoms with Crippen LogP contribution in [0.25, 0.3) is 10.9 Å². The molecule has 0 spiro atoms. The quantitative estimate of drug-likeness (QED) is 0.796. The van der Waals surface area contributed by atoms with Gasteiger partial charge in [0.15, 0.2) is 0 Å². The average molecular weight is 218 g/mol. The number of rotatable bonds is 1. The molecule has 78 valence electrons. The molecule has 1 fully saturated rings. The van der Waals surface area contributed by atoms with Crippen molar-refractivity contribution in [3.63, 3.8) is 0 Å². The minimum atomic E-state index is 0.763. The van der Waals surface area contributed by atoms with Gasteiger partial charge in [-0.05, 0) is 41.9 Å². The lowest BCUT2D eigenvalue weighted by Gasteiger charge is -2.21. The predicted octanol–water partition coefficient (Wildman–Crippen LogP) is 3.17. The van der Waals surface area contributed by atoms with Crippen LogP contribution in [0.2, 0.25) is 0 Å². The smallest absolute Gasteiger partial charge is 0.0653 e. The van der Waals surface area contributed by atoms with E-state index in [1.165, 1.54) is 40.8 Å².